The van der Waals surface area contributed by atoms with Crippen LogP contribution in [0.2, 0.25) is 0 Å². The van der Waals surface area contributed by atoms with Crippen molar-refractivity contribution in [3.63, 3.8) is 0 Å². The Morgan fingerprint density at radius 1 is 1.03 bits per heavy atom. The van der Waals surface area contributed by atoms with Crippen molar-refractivity contribution >= 4 is 5.69 Å². The zero-order valence-electron chi connectivity index (χ0n) is 20.5. The third-order valence-corrected chi connectivity index (χ3v) is 4.96. The molecule has 31 heavy (non-hydrogen) atoms. The second kappa shape index (κ2) is 16.1. The minimum atomic E-state index is -0.185. The molecule has 0 bridgehead atoms. The van der Waals surface area contributed by atoms with Gasteiger partial charge in [0, 0.05) is 18.4 Å². The first-order chi connectivity index (χ1) is 14.9. The third kappa shape index (κ3) is 12.0. The predicted molar refractivity (Wildman–Crippen MR) is 138 cm³/mol. The van der Waals surface area contributed by atoms with E-state index < -0.39 is 0 Å². The number of rotatable bonds is 6. The van der Waals surface area contributed by atoms with Crippen LogP contribution in [0, 0.1) is 17.7 Å². The van der Waals surface area contributed by atoms with Gasteiger partial charge in [0.05, 0.1) is 0 Å². The summed E-state index contributed by atoms with van der Waals surface area (Å²) < 4.78 is 12.4. The highest BCUT2D eigenvalue weighted by Crippen LogP contribution is 2.37. The van der Waals surface area contributed by atoms with Crippen LogP contribution >= 0.6 is 0 Å². The molecule has 1 aliphatic carbocycles. The number of allylic oxidation sites excluding steroid dienone is 3. The molecule has 1 saturated carbocycles. The highest BCUT2D eigenvalue weighted by molar-refractivity contribution is 5.50. The van der Waals surface area contributed by atoms with E-state index in [0.717, 1.165) is 29.4 Å². The summed E-state index contributed by atoms with van der Waals surface area (Å²) in [4.78, 5) is 2.26. The Morgan fingerprint density at radius 3 is 2.00 bits per heavy atom. The Balaban J connectivity index is 0.000000526. The number of hydrogen-bond donors (Lipinski definition) is 0. The number of benzene rings is 2. The lowest BCUT2D eigenvalue weighted by atomic mass is 10.1. The molecular weight excluding hydrogens is 381 g/mol. The second-order valence-corrected chi connectivity index (χ2v) is 7.66. The molecule has 0 aliphatic heterocycles. The van der Waals surface area contributed by atoms with Crippen molar-refractivity contribution in [3.05, 3.63) is 103 Å². The number of hydrogen-bond acceptors (Lipinski definition) is 1. The van der Waals surface area contributed by atoms with Gasteiger partial charge in [-0.05, 0) is 74.8 Å². The van der Waals surface area contributed by atoms with E-state index in [0.29, 0.717) is 0 Å². The van der Waals surface area contributed by atoms with Crippen LogP contribution in [0.25, 0.3) is 0 Å². The first kappa shape index (κ1) is 28.4. The molecule has 1 unspecified atom stereocenters. The summed E-state index contributed by atoms with van der Waals surface area (Å²) in [7, 11) is 2.14. The molecule has 0 heterocycles. The highest BCUT2D eigenvalue weighted by Gasteiger charge is 2.26. The van der Waals surface area contributed by atoms with Crippen LogP contribution < -0.4 is 4.90 Å². The standard InChI is InChI=1S/C15H21N.C10H11F.C2H6.C2H4/c1-12(14-9-10-14)11-13(2)16(3)15-7-5-4-6-8-15;1-8(2)7-9-3-5-10(11)6-4-9;2*1-2/h4-8,11-12,14H,9-10H2,1-3H3;3-6H,1,7H2,2H3;1-2H3;1-2H2/b13-11-;;;. The fraction of sp³-hybridized carbons (Fsp3) is 0.379. The molecule has 0 saturated heterocycles. The van der Waals surface area contributed by atoms with E-state index in [2.05, 4.69) is 81.9 Å². The van der Waals surface area contributed by atoms with Gasteiger partial charge in [0.1, 0.15) is 5.82 Å². The zero-order chi connectivity index (χ0) is 23.8. The van der Waals surface area contributed by atoms with Gasteiger partial charge < -0.3 is 4.90 Å². The van der Waals surface area contributed by atoms with Crippen LogP contribution in [0.1, 0.15) is 53.0 Å². The van der Waals surface area contributed by atoms with Gasteiger partial charge in [-0.3, -0.25) is 0 Å². The summed E-state index contributed by atoms with van der Waals surface area (Å²) in [6.07, 6.45) is 6.07. The smallest absolute Gasteiger partial charge is 0.123 e. The molecule has 0 spiro atoms. The Kier molecular flexibility index (Phi) is 14.8. The molecule has 2 aromatic rings. The molecule has 0 amide bonds. The van der Waals surface area contributed by atoms with Crippen LogP contribution in [0.4, 0.5) is 10.1 Å². The Morgan fingerprint density at radius 2 is 1.55 bits per heavy atom. The summed E-state index contributed by atoms with van der Waals surface area (Å²) in [5, 5.41) is 0. The summed E-state index contributed by atoms with van der Waals surface area (Å²) in [5.74, 6) is 1.49. The van der Waals surface area contributed by atoms with Crippen LogP contribution in [0.15, 0.2) is 91.7 Å². The van der Waals surface area contributed by atoms with E-state index in [4.69, 9.17) is 0 Å². The van der Waals surface area contributed by atoms with Crippen LogP contribution in [0.3, 0.4) is 0 Å². The quantitative estimate of drug-likeness (QED) is 0.419. The Labute approximate surface area is 191 Å². The average molecular weight is 424 g/mol. The van der Waals surface area contributed by atoms with Crippen molar-refractivity contribution in [2.75, 3.05) is 11.9 Å². The van der Waals surface area contributed by atoms with Crippen molar-refractivity contribution in [3.8, 4) is 0 Å². The van der Waals surface area contributed by atoms with E-state index in [1.165, 1.54) is 36.4 Å². The molecule has 1 nitrogen and oxygen atoms in total. The normalized spacial score (nSPS) is 13.2. The lowest BCUT2D eigenvalue weighted by Gasteiger charge is -2.21. The molecule has 1 atom stereocenters. The molecule has 3 rings (SSSR count). The maximum atomic E-state index is 12.4. The molecule has 2 aromatic carbocycles. The monoisotopic (exact) mass is 423 g/mol. The molecular formula is C29H42FN. The maximum Gasteiger partial charge on any atom is 0.123 e. The molecule has 0 N–H and O–H groups in total. The lowest BCUT2D eigenvalue weighted by Crippen LogP contribution is -2.15. The molecule has 0 aromatic heterocycles. The molecule has 0 radical (unpaired) electrons. The van der Waals surface area contributed by atoms with Crippen LogP contribution in [-0.2, 0) is 6.42 Å². The van der Waals surface area contributed by atoms with Crippen molar-refractivity contribution in [1.29, 1.82) is 0 Å². The summed E-state index contributed by atoms with van der Waals surface area (Å²) in [5.41, 5.74) is 4.82. The van der Waals surface area contributed by atoms with Gasteiger partial charge in [0.2, 0.25) is 0 Å². The Bertz CT molecular complexity index is 757. The van der Waals surface area contributed by atoms with E-state index in [1.807, 2.05) is 20.8 Å². The fourth-order valence-electron chi connectivity index (χ4n) is 3.06. The zero-order valence-corrected chi connectivity index (χ0v) is 20.5. The minimum Gasteiger partial charge on any atom is -0.349 e. The molecule has 1 aliphatic rings. The number of anilines is 1. The summed E-state index contributed by atoms with van der Waals surface area (Å²) in [6.45, 7) is 20.3. The van der Waals surface area contributed by atoms with Crippen LogP contribution in [0.5, 0.6) is 0 Å². The van der Waals surface area contributed by atoms with Gasteiger partial charge in [0.25, 0.3) is 0 Å². The van der Waals surface area contributed by atoms with Gasteiger partial charge in [-0.2, -0.15) is 0 Å². The fourth-order valence-corrected chi connectivity index (χ4v) is 3.06. The largest absolute Gasteiger partial charge is 0.349 e. The van der Waals surface area contributed by atoms with Gasteiger partial charge in [-0.1, -0.05) is 69.3 Å². The van der Waals surface area contributed by atoms with E-state index in [9.17, 15) is 4.39 Å². The topological polar surface area (TPSA) is 3.24 Å². The van der Waals surface area contributed by atoms with Gasteiger partial charge in [-0.25, -0.2) is 4.39 Å². The minimum absolute atomic E-state index is 0.185. The highest BCUT2D eigenvalue weighted by atomic mass is 19.1. The van der Waals surface area contributed by atoms with E-state index in [-0.39, 0.29) is 5.82 Å². The molecule has 170 valence electrons. The molecule has 2 heteroatoms. The van der Waals surface area contributed by atoms with Crippen molar-refractivity contribution in [2.24, 2.45) is 11.8 Å². The number of para-hydroxylation sites is 1. The van der Waals surface area contributed by atoms with Gasteiger partial charge in [-0.15, -0.1) is 13.2 Å². The Hall–Kier alpha value is -2.61. The first-order valence-corrected chi connectivity index (χ1v) is 11.2. The van der Waals surface area contributed by atoms with Gasteiger partial charge >= 0.3 is 0 Å². The number of halogens is 1. The molecule has 1 fully saturated rings. The second-order valence-electron chi connectivity index (χ2n) is 7.66. The summed E-state index contributed by atoms with van der Waals surface area (Å²) >= 11 is 0. The first-order valence-electron chi connectivity index (χ1n) is 11.2. The summed E-state index contributed by atoms with van der Waals surface area (Å²) in [6, 6.07) is 17.0. The number of nitrogens with zero attached hydrogens (tertiary/aromatic N) is 1. The van der Waals surface area contributed by atoms with Crippen molar-refractivity contribution in [1.82, 2.24) is 0 Å². The van der Waals surface area contributed by atoms with E-state index >= 15 is 0 Å². The van der Waals surface area contributed by atoms with Crippen molar-refractivity contribution < 1.29 is 4.39 Å². The van der Waals surface area contributed by atoms with Crippen molar-refractivity contribution in [2.45, 2.75) is 53.9 Å². The lowest BCUT2D eigenvalue weighted by molar-refractivity contribution is 0.622. The van der Waals surface area contributed by atoms with E-state index in [1.54, 1.807) is 12.1 Å². The average Bonchev–Trinajstić information content (AvgIpc) is 3.64. The third-order valence-electron chi connectivity index (χ3n) is 4.96. The predicted octanol–water partition coefficient (Wildman–Crippen LogP) is 8.85. The maximum absolute atomic E-state index is 12.4. The SMILES string of the molecule is C/C(=C/C(C)C1CC1)N(C)c1ccccc1.C=C.C=C(C)Cc1ccc(F)cc1.CC. The van der Waals surface area contributed by atoms with Gasteiger partial charge in [0.15, 0.2) is 0 Å². The van der Waals surface area contributed by atoms with Crippen LogP contribution in [-0.4, -0.2) is 7.05 Å².